The Labute approximate surface area is 121 Å². The summed E-state index contributed by atoms with van der Waals surface area (Å²) in [6.45, 7) is 0. The van der Waals surface area contributed by atoms with Gasteiger partial charge in [0.15, 0.2) is 0 Å². The minimum absolute atomic E-state index is 0.0523. The minimum Gasteiger partial charge on any atom is -0.486 e. The number of fused-ring (bicyclic) bond motifs is 1. The number of likely N-dealkylation sites (N-methyl/N-ethyl adjacent to an activating group) is 1. The number of nitrogens with one attached hydrogen (secondary N) is 1. The minimum atomic E-state index is -0.327. The van der Waals surface area contributed by atoms with E-state index in [1.165, 1.54) is 12.3 Å². The van der Waals surface area contributed by atoms with Crippen molar-refractivity contribution in [1.82, 2.24) is 10.3 Å². The predicted molar refractivity (Wildman–Crippen MR) is 77.6 cm³/mol. The van der Waals surface area contributed by atoms with Crippen molar-refractivity contribution in [1.29, 1.82) is 0 Å². The van der Waals surface area contributed by atoms with Crippen molar-refractivity contribution in [2.45, 2.75) is 17.0 Å². The largest absolute Gasteiger partial charge is 0.486 e. The first kappa shape index (κ1) is 13.4. The highest BCUT2D eigenvalue weighted by Gasteiger charge is 2.28. The lowest BCUT2D eigenvalue weighted by molar-refractivity contribution is 0.170. The van der Waals surface area contributed by atoms with Crippen LogP contribution in [0.15, 0.2) is 47.6 Å². The van der Waals surface area contributed by atoms with E-state index in [1.807, 2.05) is 31.3 Å². The summed E-state index contributed by atoms with van der Waals surface area (Å²) in [7, 11) is 1.85. The van der Waals surface area contributed by atoms with Crippen molar-refractivity contribution in [3.8, 4) is 5.75 Å². The summed E-state index contributed by atoms with van der Waals surface area (Å²) >= 11 is 1.76. The number of para-hydroxylation sites is 1. The third kappa shape index (κ3) is 2.64. The van der Waals surface area contributed by atoms with Crippen LogP contribution in [-0.2, 0) is 0 Å². The summed E-state index contributed by atoms with van der Waals surface area (Å²) in [6.07, 6.45) is 2.84. The second-order valence-corrected chi connectivity index (χ2v) is 5.68. The Morgan fingerprint density at radius 2 is 2.25 bits per heavy atom. The Kier molecular flexibility index (Phi) is 3.89. The van der Waals surface area contributed by atoms with E-state index < -0.39 is 0 Å². The van der Waals surface area contributed by atoms with E-state index in [9.17, 15) is 4.39 Å². The van der Waals surface area contributed by atoms with Crippen LogP contribution in [0.5, 0.6) is 5.75 Å². The van der Waals surface area contributed by atoms with Crippen molar-refractivity contribution in [3.63, 3.8) is 0 Å². The molecule has 2 heterocycles. The molecule has 0 amide bonds. The van der Waals surface area contributed by atoms with E-state index in [1.54, 1.807) is 18.0 Å². The summed E-state index contributed by atoms with van der Waals surface area (Å²) in [5.74, 6) is 1.38. The molecule has 0 spiro atoms. The van der Waals surface area contributed by atoms with Gasteiger partial charge in [0.1, 0.15) is 17.7 Å². The quantitative estimate of drug-likeness (QED) is 0.942. The van der Waals surface area contributed by atoms with Gasteiger partial charge < -0.3 is 10.1 Å². The fraction of sp³-hybridized carbons (Fsp3) is 0.267. The molecule has 2 unspecified atom stereocenters. The number of halogens is 1. The summed E-state index contributed by atoms with van der Waals surface area (Å²) in [4.78, 5) is 5.06. The van der Waals surface area contributed by atoms with Crippen LogP contribution in [-0.4, -0.2) is 23.9 Å². The third-order valence-electron chi connectivity index (χ3n) is 3.30. The normalized spacial score (nSPS) is 19.0. The Hall–Kier alpha value is -1.59. The van der Waals surface area contributed by atoms with Crippen LogP contribution < -0.4 is 10.1 Å². The molecule has 104 valence electrons. The van der Waals surface area contributed by atoms with Gasteiger partial charge in [0, 0.05) is 16.8 Å². The molecule has 0 bridgehead atoms. The van der Waals surface area contributed by atoms with Crippen LogP contribution in [0.3, 0.4) is 0 Å². The van der Waals surface area contributed by atoms with Gasteiger partial charge in [-0.25, -0.2) is 4.39 Å². The van der Waals surface area contributed by atoms with E-state index in [-0.39, 0.29) is 18.0 Å². The number of hydrogen-bond acceptors (Lipinski definition) is 4. The van der Waals surface area contributed by atoms with E-state index in [0.29, 0.717) is 0 Å². The van der Waals surface area contributed by atoms with Gasteiger partial charge in [0.25, 0.3) is 0 Å². The Morgan fingerprint density at radius 1 is 1.40 bits per heavy atom. The molecular formula is C15H15FN2OS. The van der Waals surface area contributed by atoms with Gasteiger partial charge in [-0.1, -0.05) is 12.1 Å². The molecule has 1 aromatic carbocycles. The standard InChI is InChI=1S/C15H15FN2OS/c1-17-15(10-6-11(16)8-18-7-10)13-9-20-14-5-3-2-4-12(14)19-13/h2-8,13,15,17H,9H2,1H3. The summed E-state index contributed by atoms with van der Waals surface area (Å²) in [5, 5.41) is 3.20. The second-order valence-electron chi connectivity index (χ2n) is 4.62. The van der Waals surface area contributed by atoms with Crippen LogP contribution in [0, 0.1) is 5.82 Å². The third-order valence-corrected chi connectivity index (χ3v) is 4.44. The Morgan fingerprint density at radius 3 is 3.05 bits per heavy atom. The number of nitrogens with zero attached hydrogens (tertiary/aromatic N) is 1. The van der Waals surface area contributed by atoms with Crippen molar-refractivity contribution >= 4 is 11.8 Å². The van der Waals surface area contributed by atoms with Crippen LogP contribution >= 0.6 is 11.8 Å². The lowest BCUT2D eigenvalue weighted by atomic mass is 10.0. The molecule has 1 aliphatic heterocycles. The molecule has 2 aromatic rings. The first-order chi connectivity index (χ1) is 9.78. The topological polar surface area (TPSA) is 34.2 Å². The molecular weight excluding hydrogens is 275 g/mol. The molecule has 3 nitrogen and oxygen atoms in total. The molecule has 20 heavy (non-hydrogen) atoms. The maximum absolute atomic E-state index is 13.3. The fourth-order valence-corrected chi connectivity index (χ4v) is 3.40. The SMILES string of the molecule is CNC(c1cncc(F)c1)C1CSc2ccccc2O1. The zero-order valence-electron chi connectivity index (χ0n) is 11.0. The van der Waals surface area contributed by atoms with Gasteiger partial charge in [0.2, 0.25) is 0 Å². The predicted octanol–water partition coefficient (Wildman–Crippen LogP) is 3.03. The number of benzene rings is 1. The van der Waals surface area contributed by atoms with Crippen LogP contribution in [0.2, 0.25) is 0 Å². The smallest absolute Gasteiger partial charge is 0.141 e. The highest BCUT2D eigenvalue weighted by atomic mass is 32.2. The molecule has 3 rings (SSSR count). The molecule has 0 aliphatic carbocycles. The molecule has 0 radical (unpaired) electrons. The van der Waals surface area contributed by atoms with Crippen LogP contribution in [0.25, 0.3) is 0 Å². The number of ether oxygens (including phenoxy) is 1. The Balaban J connectivity index is 1.85. The van der Waals surface area contributed by atoms with Crippen LogP contribution in [0.1, 0.15) is 11.6 Å². The average Bonchev–Trinajstić information content (AvgIpc) is 2.48. The maximum Gasteiger partial charge on any atom is 0.141 e. The first-order valence-electron chi connectivity index (χ1n) is 6.44. The van der Waals surface area contributed by atoms with E-state index >= 15 is 0 Å². The Bertz CT molecular complexity index is 608. The fourth-order valence-electron chi connectivity index (χ4n) is 2.37. The monoisotopic (exact) mass is 290 g/mol. The zero-order chi connectivity index (χ0) is 13.9. The molecule has 5 heteroatoms. The average molecular weight is 290 g/mol. The van der Waals surface area contributed by atoms with Gasteiger partial charge in [0.05, 0.1) is 12.2 Å². The molecule has 0 fully saturated rings. The highest BCUT2D eigenvalue weighted by molar-refractivity contribution is 7.99. The maximum atomic E-state index is 13.3. The number of aromatic nitrogens is 1. The lowest BCUT2D eigenvalue weighted by Crippen LogP contribution is -2.37. The van der Waals surface area contributed by atoms with E-state index in [2.05, 4.69) is 10.3 Å². The zero-order valence-corrected chi connectivity index (χ0v) is 11.9. The van der Waals surface area contributed by atoms with Gasteiger partial charge in [-0.2, -0.15) is 0 Å². The number of thioether (sulfide) groups is 1. The van der Waals surface area contributed by atoms with Crippen LogP contribution in [0.4, 0.5) is 4.39 Å². The summed E-state index contributed by atoms with van der Waals surface area (Å²) in [5.41, 5.74) is 0.803. The van der Waals surface area contributed by atoms with Crippen molar-refractivity contribution < 1.29 is 9.13 Å². The van der Waals surface area contributed by atoms with Gasteiger partial charge in [-0.15, -0.1) is 11.8 Å². The molecule has 0 saturated heterocycles. The number of rotatable bonds is 3. The van der Waals surface area contributed by atoms with Gasteiger partial charge in [-0.3, -0.25) is 4.98 Å². The van der Waals surface area contributed by atoms with Gasteiger partial charge >= 0.3 is 0 Å². The number of hydrogen-bond donors (Lipinski definition) is 1. The van der Waals surface area contributed by atoms with Crippen molar-refractivity contribution in [2.24, 2.45) is 0 Å². The van der Waals surface area contributed by atoms with Crippen molar-refractivity contribution in [2.75, 3.05) is 12.8 Å². The molecule has 2 atom stereocenters. The van der Waals surface area contributed by atoms with E-state index in [0.717, 1.165) is 22.0 Å². The van der Waals surface area contributed by atoms with Crippen molar-refractivity contribution in [3.05, 3.63) is 54.1 Å². The molecule has 1 aromatic heterocycles. The number of pyridine rings is 1. The van der Waals surface area contributed by atoms with Gasteiger partial charge in [-0.05, 0) is 30.8 Å². The summed E-state index contributed by atoms with van der Waals surface area (Å²) < 4.78 is 19.4. The molecule has 1 N–H and O–H groups in total. The van der Waals surface area contributed by atoms with E-state index in [4.69, 9.17) is 4.74 Å². The first-order valence-corrected chi connectivity index (χ1v) is 7.42. The second kappa shape index (κ2) is 5.81. The highest BCUT2D eigenvalue weighted by Crippen LogP contribution is 2.38. The summed E-state index contributed by atoms with van der Waals surface area (Å²) in [6, 6.07) is 9.39. The molecule has 0 saturated carbocycles. The molecule has 1 aliphatic rings. The lowest BCUT2D eigenvalue weighted by Gasteiger charge is -2.31.